The number of nitrogens with two attached hydrogens (primary N) is 1. The Morgan fingerprint density at radius 3 is 2.72 bits per heavy atom. The van der Waals surface area contributed by atoms with Crippen molar-refractivity contribution in [3.05, 3.63) is 53.1 Å². The third-order valence-corrected chi connectivity index (χ3v) is 3.09. The smallest absolute Gasteiger partial charge is 0.170 e. The van der Waals surface area contributed by atoms with E-state index in [4.69, 9.17) is 10.9 Å². The van der Waals surface area contributed by atoms with Crippen molar-refractivity contribution in [2.75, 3.05) is 0 Å². The van der Waals surface area contributed by atoms with Crippen LogP contribution in [-0.2, 0) is 6.54 Å². The summed E-state index contributed by atoms with van der Waals surface area (Å²) in [5.41, 5.74) is 9.53. The van der Waals surface area contributed by atoms with Crippen LogP contribution >= 0.6 is 0 Å². The third-order valence-electron chi connectivity index (χ3n) is 3.09. The van der Waals surface area contributed by atoms with Gasteiger partial charge in [0.1, 0.15) is 0 Å². The normalized spacial score (nSPS) is 11.8. The van der Waals surface area contributed by atoms with Gasteiger partial charge in [0, 0.05) is 17.8 Å². The summed E-state index contributed by atoms with van der Waals surface area (Å²) in [4.78, 5) is 4.26. The highest BCUT2D eigenvalue weighted by Gasteiger charge is 2.08. The van der Waals surface area contributed by atoms with Crippen LogP contribution in [0.25, 0.3) is 0 Å². The average Bonchev–Trinajstić information content (AvgIpc) is 2.70. The van der Waals surface area contributed by atoms with Gasteiger partial charge in [-0.3, -0.25) is 0 Å². The minimum absolute atomic E-state index is 0.125. The SMILES string of the molecule is Cc1ncn(Cc2ccccc2C(N)=NO)c1C. The molecule has 0 saturated heterocycles. The fourth-order valence-corrected chi connectivity index (χ4v) is 1.85. The third kappa shape index (κ3) is 2.20. The Morgan fingerprint density at radius 2 is 2.11 bits per heavy atom. The second kappa shape index (κ2) is 4.91. The summed E-state index contributed by atoms with van der Waals surface area (Å²) in [5.74, 6) is 0.125. The van der Waals surface area contributed by atoms with E-state index >= 15 is 0 Å². The number of benzene rings is 1. The first-order valence-electron chi connectivity index (χ1n) is 5.67. The molecule has 2 aromatic rings. The Labute approximate surface area is 106 Å². The first-order valence-corrected chi connectivity index (χ1v) is 5.67. The molecule has 0 aliphatic carbocycles. The highest BCUT2D eigenvalue weighted by atomic mass is 16.4. The zero-order valence-electron chi connectivity index (χ0n) is 10.5. The molecule has 0 amide bonds. The molecule has 1 heterocycles. The van der Waals surface area contributed by atoms with Gasteiger partial charge in [0.25, 0.3) is 0 Å². The Hall–Kier alpha value is -2.30. The van der Waals surface area contributed by atoms with Crippen LogP contribution in [0.2, 0.25) is 0 Å². The second-order valence-corrected chi connectivity index (χ2v) is 4.19. The van der Waals surface area contributed by atoms with Crippen LogP contribution in [0.1, 0.15) is 22.5 Å². The van der Waals surface area contributed by atoms with Crippen LogP contribution in [0.3, 0.4) is 0 Å². The molecule has 1 aromatic heterocycles. The van der Waals surface area contributed by atoms with Gasteiger partial charge in [-0.05, 0) is 19.4 Å². The lowest BCUT2D eigenvalue weighted by Gasteiger charge is -2.10. The maximum Gasteiger partial charge on any atom is 0.170 e. The second-order valence-electron chi connectivity index (χ2n) is 4.19. The van der Waals surface area contributed by atoms with Gasteiger partial charge in [0.05, 0.1) is 12.0 Å². The Balaban J connectivity index is 2.38. The van der Waals surface area contributed by atoms with Crippen molar-refractivity contribution in [3.8, 4) is 0 Å². The summed E-state index contributed by atoms with van der Waals surface area (Å²) in [5, 5.41) is 11.8. The van der Waals surface area contributed by atoms with Gasteiger partial charge in [0.15, 0.2) is 5.84 Å². The molecule has 0 atom stereocenters. The molecule has 5 heteroatoms. The largest absolute Gasteiger partial charge is 0.409 e. The van der Waals surface area contributed by atoms with Gasteiger partial charge >= 0.3 is 0 Å². The van der Waals surface area contributed by atoms with Crippen LogP contribution in [0.4, 0.5) is 0 Å². The lowest BCUT2D eigenvalue weighted by molar-refractivity contribution is 0.318. The van der Waals surface area contributed by atoms with Crippen LogP contribution in [0, 0.1) is 13.8 Å². The van der Waals surface area contributed by atoms with Gasteiger partial charge in [-0.1, -0.05) is 29.4 Å². The minimum Gasteiger partial charge on any atom is -0.409 e. The highest BCUT2D eigenvalue weighted by molar-refractivity contribution is 5.98. The average molecular weight is 244 g/mol. The number of aryl methyl sites for hydroxylation is 1. The van der Waals surface area contributed by atoms with Crippen molar-refractivity contribution < 1.29 is 5.21 Å². The number of aromatic nitrogens is 2. The number of rotatable bonds is 3. The molecular weight excluding hydrogens is 228 g/mol. The zero-order valence-corrected chi connectivity index (χ0v) is 10.5. The van der Waals surface area contributed by atoms with Gasteiger partial charge in [0.2, 0.25) is 0 Å². The molecule has 94 valence electrons. The van der Waals surface area contributed by atoms with Crippen LogP contribution in [-0.4, -0.2) is 20.6 Å². The highest BCUT2D eigenvalue weighted by Crippen LogP contribution is 2.13. The molecule has 0 spiro atoms. The van der Waals surface area contributed by atoms with Crippen molar-refractivity contribution in [1.82, 2.24) is 9.55 Å². The van der Waals surface area contributed by atoms with E-state index in [0.717, 1.165) is 22.5 Å². The van der Waals surface area contributed by atoms with E-state index in [9.17, 15) is 0 Å². The predicted octanol–water partition coefficient (Wildman–Crippen LogP) is 1.64. The molecule has 2 rings (SSSR count). The molecule has 0 aliphatic heterocycles. The van der Waals surface area contributed by atoms with Gasteiger partial charge in [-0.15, -0.1) is 0 Å². The van der Waals surface area contributed by atoms with Crippen molar-refractivity contribution >= 4 is 5.84 Å². The standard InChI is InChI=1S/C13H16N4O/c1-9-10(2)17(8-15-9)7-11-5-3-4-6-12(11)13(14)16-18/h3-6,8,18H,7H2,1-2H3,(H2,14,16). The number of nitrogens with zero attached hydrogens (tertiary/aromatic N) is 3. The fraction of sp³-hybridized carbons (Fsp3) is 0.231. The quantitative estimate of drug-likeness (QED) is 0.373. The van der Waals surface area contributed by atoms with E-state index in [0.29, 0.717) is 6.54 Å². The summed E-state index contributed by atoms with van der Waals surface area (Å²) < 4.78 is 2.04. The van der Waals surface area contributed by atoms with Crippen LogP contribution in [0.15, 0.2) is 35.7 Å². The first kappa shape index (κ1) is 12.2. The minimum atomic E-state index is 0.125. The number of imidazole rings is 1. The topological polar surface area (TPSA) is 76.4 Å². The molecule has 0 fully saturated rings. The van der Waals surface area contributed by atoms with Crippen molar-refractivity contribution in [2.45, 2.75) is 20.4 Å². The maximum absolute atomic E-state index is 8.78. The van der Waals surface area contributed by atoms with E-state index < -0.39 is 0 Å². The van der Waals surface area contributed by atoms with Crippen molar-refractivity contribution in [1.29, 1.82) is 0 Å². The number of hydrogen-bond acceptors (Lipinski definition) is 3. The van der Waals surface area contributed by atoms with Gasteiger partial charge in [-0.2, -0.15) is 0 Å². The lowest BCUT2D eigenvalue weighted by atomic mass is 10.1. The monoisotopic (exact) mass is 244 g/mol. The van der Waals surface area contributed by atoms with Crippen LogP contribution in [0.5, 0.6) is 0 Å². The summed E-state index contributed by atoms with van der Waals surface area (Å²) in [6, 6.07) is 7.59. The molecule has 0 unspecified atom stereocenters. The van der Waals surface area contributed by atoms with Crippen molar-refractivity contribution in [3.63, 3.8) is 0 Å². The number of hydrogen-bond donors (Lipinski definition) is 2. The summed E-state index contributed by atoms with van der Waals surface area (Å²) in [7, 11) is 0. The van der Waals surface area contributed by atoms with E-state index in [2.05, 4.69) is 10.1 Å². The van der Waals surface area contributed by atoms with E-state index in [-0.39, 0.29) is 5.84 Å². The molecule has 0 saturated carbocycles. The Bertz CT molecular complexity index is 586. The molecule has 0 bridgehead atoms. The Morgan fingerprint density at radius 1 is 1.39 bits per heavy atom. The molecule has 0 radical (unpaired) electrons. The van der Waals surface area contributed by atoms with E-state index in [1.807, 2.05) is 42.7 Å². The fourth-order valence-electron chi connectivity index (χ4n) is 1.85. The first-order chi connectivity index (χ1) is 8.63. The van der Waals surface area contributed by atoms with E-state index in [1.165, 1.54) is 0 Å². The number of amidine groups is 1. The molecule has 5 nitrogen and oxygen atoms in total. The maximum atomic E-state index is 8.78. The predicted molar refractivity (Wildman–Crippen MR) is 69.8 cm³/mol. The van der Waals surface area contributed by atoms with Crippen molar-refractivity contribution in [2.24, 2.45) is 10.9 Å². The zero-order chi connectivity index (χ0) is 13.1. The number of oxime groups is 1. The molecule has 18 heavy (non-hydrogen) atoms. The summed E-state index contributed by atoms with van der Waals surface area (Å²) in [6.45, 7) is 4.65. The molecular formula is C13H16N4O. The summed E-state index contributed by atoms with van der Waals surface area (Å²) in [6.07, 6.45) is 1.80. The van der Waals surface area contributed by atoms with Crippen LogP contribution < -0.4 is 5.73 Å². The molecule has 0 aliphatic rings. The van der Waals surface area contributed by atoms with Gasteiger partial charge in [-0.25, -0.2) is 4.98 Å². The summed E-state index contributed by atoms with van der Waals surface area (Å²) >= 11 is 0. The molecule has 1 aromatic carbocycles. The van der Waals surface area contributed by atoms with E-state index in [1.54, 1.807) is 6.33 Å². The Kier molecular flexibility index (Phi) is 3.32. The molecule has 3 N–H and O–H groups in total. The lowest BCUT2D eigenvalue weighted by Crippen LogP contribution is -2.16. The van der Waals surface area contributed by atoms with Gasteiger partial charge < -0.3 is 15.5 Å².